The van der Waals surface area contributed by atoms with E-state index >= 15 is 0 Å². The van der Waals surface area contributed by atoms with Gasteiger partial charge in [0.1, 0.15) is 0 Å². The molecule has 0 atom stereocenters. The molecule has 1 heterocycles. The molecule has 0 saturated carbocycles. The van der Waals surface area contributed by atoms with Gasteiger partial charge in [0.05, 0.1) is 4.92 Å². The lowest BCUT2D eigenvalue weighted by atomic mass is 10.2. The lowest BCUT2D eigenvalue weighted by Gasteiger charge is -2.05. The summed E-state index contributed by atoms with van der Waals surface area (Å²) in [5, 5.41) is 14.7. The summed E-state index contributed by atoms with van der Waals surface area (Å²) in [7, 11) is 0. The zero-order valence-electron chi connectivity index (χ0n) is 11.4. The molecule has 4 nitrogen and oxygen atoms in total. The van der Waals surface area contributed by atoms with Crippen LogP contribution in [0.25, 0.3) is 0 Å². The summed E-state index contributed by atoms with van der Waals surface area (Å²) < 4.78 is 0. The minimum atomic E-state index is -0.386. The van der Waals surface area contributed by atoms with E-state index in [2.05, 4.69) is 11.4 Å². The fraction of sp³-hybridized carbons (Fsp3) is 0.333. The maximum absolute atomic E-state index is 11.0. The SMILES string of the molecule is O=[N+]([O-])c1cc(Cl)ccc1CNCc1cc2c(s1)CCC2. The van der Waals surface area contributed by atoms with Crippen molar-refractivity contribution in [3.8, 4) is 0 Å². The van der Waals surface area contributed by atoms with Crippen LogP contribution in [0.2, 0.25) is 5.02 Å². The van der Waals surface area contributed by atoms with Crippen molar-refractivity contribution in [3.63, 3.8) is 0 Å². The van der Waals surface area contributed by atoms with Gasteiger partial charge >= 0.3 is 0 Å². The third kappa shape index (κ3) is 3.26. The molecular weight excluding hydrogens is 308 g/mol. The summed E-state index contributed by atoms with van der Waals surface area (Å²) in [6.07, 6.45) is 3.66. The molecule has 0 bridgehead atoms. The molecule has 1 aliphatic rings. The topological polar surface area (TPSA) is 55.2 Å². The molecule has 1 aromatic carbocycles. The van der Waals surface area contributed by atoms with Gasteiger partial charge in [0.15, 0.2) is 0 Å². The number of halogens is 1. The molecular formula is C15H15ClN2O2S. The highest BCUT2D eigenvalue weighted by molar-refractivity contribution is 7.12. The van der Waals surface area contributed by atoms with Crippen LogP contribution >= 0.6 is 22.9 Å². The Hall–Kier alpha value is -1.43. The first-order valence-electron chi connectivity index (χ1n) is 6.87. The third-order valence-electron chi connectivity index (χ3n) is 3.66. The molecule has 0 fully saturated rings. The monoisotopic (exact) mass is 322 g/mol. The van der Waals surface area contributed by atoms with Gasteiger partial charge in [-0.05, 0) is 43.0 Å². The fourth-order valence-corrected chi connectivity index (χ4v) is 4.05. The van der Waals surface area contributed by atoms with Crippen molar-refractivity contribution in [2.75, 3.05) is 0 Å². The van der Waals surface area contributed by atoms with E-state index in [-0.39, 0.29) is 10.6 Å². The molecule has 1 N–H and O–H groups in total. The Bertz CT molecular complexity index is 663. The van der Waals surface area contributed by atoms with Crippen molar-refractivity contribution >= 4 is 28.6 Å². The molecule has 0 amide bonds. The van der Waals surface area contributed by atoms with Crippen LogP contribution < -0.4 is 5.32 Å². The van der Waals surface area contributed by atoms with Crippen LogP contribution in [0.15, 0.2) is 24.3 Å². The zero-order valence-corrected chi connectivity index (χ0v) is 13.0. The van der Waals surface area contributed by atoms with Crippen LogP contribution in [0.1, 0.15) is 27.3 Å². The molecule has 3 rings (SSSR count). The number of nitrogens with one attached hydrogen (secondary N) is 1. The van der Waals surface area contributed by atoms with E-state index in [1.165, 1.54) is 40.6 Å². The van der Waals surface area contributed by atoms with Crippen LogP contribution in [0, 0.1) is 10.1 Å². The van der Waals surface area contributed by atoms with Gasteiger partial charge in [-0.25, -0.2) is 0 Å². The quantitative estimate of drug-likeness (QED) is 0.666. The number of fused-ring (bicyclic) bond motifs is 1. The molecule has 0 spiro atoms. The summed E-state index contributed by atoms with van der Waals surface area (Å²) in [4.78, 5) is 13.4. The van der Waals surface area contributed by atoms with E-state index < -0.39 is 0 Å². The number of hydrogen-bond donors (Lipinski definition) is 1. The van der Waals surface area contributed by atoms with E-state index in [9.17, 15) is 10.1 Å². The predicted molar refractivity (Wildman–Crippen MR) is 85.0 cm³/mol. The maximum atomic E-state index is 11.0. The molecule has 21 heavy (non-hydrogen) atoms. The van der Waals surface area contributed by atoms with Crippen molar-refractivity contribution < 1.29 is 4.92 Å². The van der Waals surface area contributed by atoms with Gasteiger partial charge in [0, 0.05) is 39.5 Å². The molecule has 2 aromatic rings. The maximum Gasteiger partial charge on any atom is 0.275 e. The van der Waals surface area contributed by atoms with Crippen molar-refractivity contribution in [3.05, 3.63) is 60.3 Å². The van der Waals surface area contributed by atoms with Crippen LogP contribution in [-0.2, 0) is 25.9 Å². The van der Waals surface area contributed by atoms with E-state index in [4.69, 9.17) is 11.6 Å². The normalized spacial score (nSPS) is 13.4. The van der Waals surface area contributed by atoms with E-state index in [0.717, 1.165) is 6.54 Å². The minimum Gasteiger partial charge on any atom is -0.308 e. The first-order chi connectivity index (χ1) is 10.1. The predicted octanol–water partition coefficient (Wildman–Crippen LogP) is 4.09. The van der Waals surface area contributed by atoms with Crippen LogP contribution in [0.3, 0.4) is 0 Å². The molecule has 1 aliphatic carbocycles. The fourth-order valence-electron chi connectivity index (χ4n) is 2.65. The lowest BCUT2D eigenvalue weighted by molar-refractivity contribution is -0.385. The molecule has 110 valence electrons. The largest absolute Gasteiger partial charge is 0.308 e. The van der Waals surface area contributed by atoms with Crippen molar-refractivity contribution in [2.24, 2.45) is 0 Å². The van der Waals surface area contributed by atoms with Crippen LogP contribution in [-0.4, -0.2) is 4.92 Å². The summed E-state index contributed by atoms with van der Waals surface area (Å²) in [6, 6.07) is 7.06. The second kappa shape index (κ2) is 6.13. The first kappa shape index (κ1) is 14.5. The average molecular weight is 323 g/mol. The highest BCUT2D eigenvalue weighted by atomic mass is 35.5. The van der Waals surface area contributed by atoms with Gasteiger partial charge in [0.25, 0.3) is 5.69 Å². The smallest absolute Gasteiger partial charge is 0.275 e. The number of nitro groups is 1. The summed E-state index contributed by atoms with van der Waals surface area (Å²) in [5.74, 6) is 0. The number of benzene rings is 1. The molecule has 0 unspecified atom stereocenters. The Labute approximate surface area is 131 Å². The standard InChI is InChI=1S/C15H15ClN2O2S/c16-12-5-4-11(14(7-12)18(19)20)8-17-9-13-6-10-2-1-3-15(10)21-13/h4-7,17H,1-3,8-9H2. The minimum absolute atomic E-state index is 0.0728. The second-order valence-electron chi connectivity index (χ2n) is 5.15. The Morgan fingerprint density at radius 2 is 2.14 bits per heavy atom. The Balaban J connectivity index is 1.63. The molecule has 1 aromatic heterocycles. The van der Waals surface area contributed by atoms with Gasteiger partial charge < -0.3 is 5.32 Å². The van der Waals surface area contributed by atoms with Crippen molar-refractivity contribution in [1.82, 2.24) is 5.32 Å². The summed E-state index contributed by atoms with van der Waals surface area (Å²) in [5.41, 5.74) is 2.21. The lowest BCUT2D eigenvalue weighted by Crippen LogP contribution is -2.13. The number of nitro benzene ring substituents is 1. The van der Waals surface area contributed by atoms with Crippen LogP contribution in [0.4, 0.5) is 5.69 Å². The van der Waals surface area contributed by atoms with E-state index in [0.29, 0.717) is 17.1 Å². The van der Waals surface area contributed by atoms with Gasteiger partial charge in [0.2, 0.25) is 0 Å². The Morgan fingerprint density at radius 3 is 2.90 bits per heavy atom. The van der Waals surface area contributed by atoms with E-state index in [1.54, 1.807) is 12.1 Å². The van der Waals surface area contributed by atoms with Gasteiger partial charge in [-0.15, -0.1) is 11.3 Å². The van der Waals surface area contributed by atoms with Gasteiger partial charge in [-0.3, -0.25) is 10.1 Å². The highest BCUT2D eigenvalue weighted by Crippen LogP contribution is 2.30. The molecule has 6 heteroatoms. The molecule has 0 radical (unpaired) electrons. The average Bonchev–Trinajstić information content (AvgIpc) is 3.01. The third-order valence-corrected chi connectivity index (χ3v) is 5.13. The summed E-state index contributed by atoms with van der Waals surface area (Å²) >= 11 is 7.66. The number of aryl methyl sites for hydroxylation is 2. The number of hydrogen-bond acceptors (Lipinski definition) is 4. The number of rotatable bonds is 5. The second-order valence-corrected chi connectivity index (χ2v) is 6.81. The zero-order chi connectivity index (χ0) is 14.8. The van der Waals surface area contributed by atoms with E-state index in [1.807, 2.05) is 11.3 Å². The van der Waals surface area contributed by atoms with Gasteiger partial charge in [-0.1, -0.05) is 11.6 Å². The highest BCUT2D eigenvalue weighted by Gasteiger charge is 2.16. The number of thiophene rings is 1. The van der Waals surface area contributed by atoms with Crippen molar-refractivity contribution in [1.29, 1.82) is 0 Å². The molecule has 0 aliphatic heterocycles. The number of nitrogens with zero attached hydrogens (tertiary/aromatic N) is 1. The van der Waals surface area contributed by atoms with Crippen LogP contribution in [0.5, 0.6) is 0 Å². The summed E-state index contributed by atoms with van der Waals surface area (Å²) in [6.45, 7) is 1.22. The van der Waals surface area contributed by atoms with Gasteiger partial charge in [-0.2, -0.15) is 0 Å². The first-order valence-corrected chi connectivity index (χ1v) is 8.07. The Morgan fingerprint density at radius 1 is 1.29 bits per heavy atom. The molecule has 0 saturated heterocycles. The van der Waals surface area contributed by atoms with Crippen molar-refractivity contribution in [2.45, 2.75) is 32.4 Å². The Kier molecular flexibility index (Phi) is 4.24.